The van der Waals surface area contributed by atoms with Crippen LogP contribution < -0.4 is 0 Å². The molecule has 0 bridgehead atoms. The lowest BCUT2D eigenvalue weighted by Crippen LogP contribution is -2.50. The second-order valence-electron chi connectivity index (χ2n) is 11.9. The van der Waals surface area contributed by atoms with Gasteiger partial charge in [-0.05, 0) is 58.1 Å². The number of ether oxygens (including phenoxy) is 4. The van der Waals surface area contributed by atoms with Crippen LogP contribution in [0.5, 0.6) is 0 Å². The summed E-state index contributed by atoms with van der Waals surface area (Å²) in [6.45, 7) is 14.0. The molecule has 1 N–H and O–H groups in total. The molecule has 0 spiro atoms. The monoisotopic (exact) mass is 584 g/mol. The predicted octanol–water partition coefficient (Wildman–Crippen LogP) is 5.26. The molecule has 1 rings (SSSR count). The topological polar surface area (TPSA) is 118 Å². The van der Waals surface area contributed by atoms with E-state index in [2.05, 4.69) is 26.6 Å². The predicted molar refractivity (Wildman–Crippen MR) is 156 cm³/mol. The third-order valence-corrected chi connectivity index (χ3v) is 7.66. The fourth-order valence-corrected chi connectivity index (χ4v) is 6.28. The van der Waals surface area contributed by atoms with Crippen LogP contribution in [0.25, 0.3) is 0 Å². The van der Waals surface area contributed by atoms with Crippen LogP contribution in [0.1, 0.15) is 79.6 Å². The SMILES string of the molecule is CCCCCCCCC1(O[Si](C)(C)C)C=CC(=O)C1C(O)C=C[C@H](OC(C)=O)[C@@H](COC(C)=O)OC(C)(C)OC. The highest BCUT2D eigenvalue weighted by molar-refractivity contribution is 6.69. The second-order valence-corrected chi connectivity index (χ2v) is 16.3. The molecule has 5 atom stereocenters. The van der Waals surface area contributed by atoms with E-state index in [0.717, 1.165) is 19.3 Å². The second kappa shape index (κ2) is 16.6. The maximum atomic E-state index is 13.1. The summed E-state index contributed by atoms with van der Waals surface area (Å²) in [6, 6.07) is 0. The van der Waals surface area contributed by atoms with E-state index < -0.39 is 55.9 Å². The molecule has 1 aliphatic carbocycles. The Morgan fingerprint density at radius 1 is 1.07 bits per heavy atom. The lowest BCUT2D eigenvalue weighted by atomic mass is 9.81. The van der Waals surface area contributed by atoms with Crippen LogP contribution in [0.4, 0.5) is 0 Å². The summed E-state index contributed by atoms with van der Waals surface area (Å²) in [5.74, 6) is -3.25. The van der Waals surface area contributed by atoms with E-state index in [1.54, 1.807) is 13.8 Å². The van der Waals surface area contributed by atoms with Crippen molar-refractivity contribution in [2.75, 3.05) is 13.7 Å². The van der Waals surface area contributed by atoms with E-state index in [1.165, 1.54) is 58.4 Å². The zero-order valence-electron chi connectivity index (χ0n) is 26.0. The summed E-state index contributed by atoms with van der Waals surface area (Å²) in [7, 11) is -0.658. The van der Waals surface area contributed by atoms with Crippen molar-refractivity contribution in [3.8, 4) is 0 Å². The number of methoxy groups -OCH3 is 1. The first-order valence-electron chi connectivity index (χ1n) is 14.4. The van der Waals surface area contributed by atoms with Gasteiger partial charge < -0.3 is 28.5 Å². The minimum Gasteiger partial charge on any atom is -0.463 e. The summed E-state index contributed by atoms with van der Waals surface area (Å²) < 4.78 is 28.6. The molecule has 0 aliphatic heterocycles. The van der Waals surface area contributed by atoms with Gasteiger partial charge in [-0.1, -0.05) is 51.5 Å². The van der Waals surface area contributed by atoms with Crippen molar-refractivity contribution in [2.45, 2.75) is 129 Å². The van der Waals surface area contributed by atoms with Gasteiger partial charge in [-0.15, -0.1) is 0 Å². The first kappa shape index (κ1) is 36.2. The molecule has 3 unspecified atom stereocenters. The Bertz CT molecular complexity index is 877. The van der Waals surface area contributed by atoms with E-state index in [4.69, 9.17) is 23.4 Å². The molecular weight excluding hydrogens is 532 g/mol. The number of esters is 2. The number of carbonyl (C=O) groups is 3. The van der Waals surface area contributed by atoms with Gasteiger partial charge >= 0.3 is 11.9 Å². The smallest absolute Gasteiger partial charge is 0.303 e. The lowest BCUT2D eigenvalue weighted by Gasteiger charge is -2.40. The van der Waals surface area contributed by atoms with Crippen molar-refractivity contribution in [1.29, 1.82) is 0 Å². The molecular formula is C30H52O9Si. The average Bonchev–Trinajstić information content (AvgIpc) is 3.15. The number of rotatable bonds is 19. The van der Waals surface area contributed by atoms with Gasteiger partial charge in [0.15, 0.2) is 19.9 Å². The van der Waals surface area contributed by atoms with Crippen molar-refractivity contribution in [3.63, 3.8) is 0 Å². The van der Waals surface area contributed by atoms with Crippen LogP contribution in [0.3, 0.4) is 0 Å². The van der Waals surface area contributed by atoms with Gasteiger partial charge in [0.05, 0.1) is 17.6 Å². The van der Waals surface area contributed by atoms with Crippen molar-refractivity contribution >= 4 is 26.0 Å². The van der Waals surface area contributed by atoms with Crippen molar-refractivity contribution in [3.05, 3.63) is 24.3 Å². The number of hydrogen-bond donors (Lipinski definition) is 1. The zero-order chi connectivity index (χ0) is 30.6. The largest absolute Gasteiger partial charge is 0.463 e. The Morgan fingerprint density at radius 2 is 1.70 bits per heavy atom. The molecule has 0 aromatic carbocycles. The third-order valence-electron chi connectivity index (χ3n) is 6.67. The maximum absolute atomic E-state index is 13.1. The Labute approximate surface area is 241 Å². The van der Waals surface area contributed by atoms with Gasteiger partial charge in [0.1, 0.15) is 18.8 Å². The van der Waals surface area contributed by atoms with Crippen LogP contribution in [0, 0.1) is 5.92 Å². The molecule has 230 valence electrons. The first-order chi connectivity index (χ1) is 18.6. The molecule has 0 saturated carbocycles. The lowest BCUT2D eigenvalue weighted by molar-refractivity contribution is -0.246. The number of carbonyl (C=O) groups excluding carboxylic acids is 3. The minimum absolute atomic E-state index is 0.210. The number of unbranched alkanes of at least 4 members (excludes halogenated alkanes) is 5. The minimum atomic E-state index is -2.12. The molecule has 0 amide bonds. The van der Waals surface area contributed by atoms with Crippen LogP contribution in [0.2, 0.25) is 19.6 Å². The Kier molecular flexibility index (Phi) is 15.0. The highest BCUT2D eigenvalue weighted by Crippen LogP contribution is 2.40. The number of allylic oxidation sites excluding steroid dienone is 1. The summed E-state index contributed by atoms with van der Waals surface area (Å²) in [6.07, 6.45) is 10.2. The highest BCUT2D eigenvalue weighted by Gasteiger charge is 2.50. The van der Waals surface area contributed by atoms with Crippen LogP contribution in [-0.4, -0.2) is 74.6 Å². The number of hydrogen-bond acceptors (Lipinski definition) is 9. The summed E-state index contributed by atoms with van der Waals surface area (Å²) in [4.78, 5) is 36.6. The van der Waals surface area contributed by atoms with Gasteiger partial charge in [-0.2, -0.15) is 0 Å². The molecule has 0 heterocycles. The third kappa shape index (κ3) is 12.8. The Morgan fingerprint density at radius 3 is 2.25 bits per heavy atom. The highest BCUT2D eigenvalue weighted by atomic mass is 28.4. The summed E-state index contributed by atoms with van der Waals surface area (Å²) >= 11 is 0. The van der Waals surface area contributed by atoms with Gasteiger partial charge in [0.25, 0.3) is 0 Å². The Balaban J connectivity index is 3.27. The molecule has 0 aromatic heterocycles. The molecule has 0 saturated heterocycles. The fraction of sp³-hybridized carbons (Fsp3) is 0.767. The first-order valence-corrected chi connectivity index (χ1v) is 17.8. The van der Waals surface area contributed by atoms with E-state index >= 15 is 0 Å². The number of ketones is 1. The van der Waals surface area contributed by atoms with E-state index in [0.29, 0.717) is 6.42 Å². The fourth-order valence-electron chi connectivity index (χ4n) is 4.84. The standard InChI is InChI=1S/C30H52O9Si/c1-10-11-12-13-14-15-19-30(39-40(7,8)9)20-18-25(34)28(30)24(33)16-17-26(37-23(3)32)27(21-36-22(2)31)38-29(4,5)35-6/h16-18,20,24,26-28,33H,10-15,19,21H2,1-9H3/t24?,26-,27+,28?,30?/m0/s1. The van der Waals surface area contributed by atoms with Gasteiger partial charge in [0.2, 0.25) is 0 Å². The van der Waals surface area contributed by atoms with E-state index in [1.807, 2.05) is 6.08 Å². The number of aliphatic hydroxyl groups excluding tert-OH is 1. The Hall–Kier alpha value is -1.85. The van der Waals surface area contributed by atoms with Gasteiger partial charge in [-0.3, -0.25) is 14.4 Å². The van der Waals surface area contributed by atoms with Crippen molar-refractivity contribution in [2.24, 2.45) is 5.92 Å². The van der Waals surface area contributed by atoms with Gasteiger partial charge in [0, 0.05) is 21.0 Å². The maximum Gasteiger partial charge on any atom is 0.303 e. The molecule has 9 nitrogen and oxygen atoms in total. The summed E-state index contributed by atoms with van der Waals surface area (Å²) in [5.41, 5.74) is -0.918. The molecule has 10 heteroatoms. The van der Waals surface area contributed by atoms with Crippen LogP contribution in [-0.2, 0) is 37.8 Å². The normalized spacial score (nSPS) is 21.9. The van der Waals surface area contributed by atoms with E-state index in [-0.39, 0.29) is 12.4 Å². The molecule has 0 radical (unpaired) electrons. The molecule has 1 aliphatic rings. The van der Waals surface area contributed by atoms with Crippen molar-refractivity contribution < 1.29 is 42.9 Å². The van der Waals surface area contributed by atoms with Crippen molar-refractivity contribution in [1.82, 2.24) is 0 Å². The number of aliphatic hydroxyl groups is 1. The molecule has 0 aromatic rings. The van der Waals surface area contributed by atoms with E-state index in [9.17, 15) is 19.5 Å². The molecule has 0 fully saturated rings. The zero-order valence-corrected chi connectivity index (χ0v) is 27.0. The summed E-state index contributed by atoms with van der Waals surface area (Å²) in [5, 5.41) is 11.4. The average molecular weight is 585 g/mol. The van der Waals surface area contributed by atoms with Crippen LogP contribution in [0.15, 0.2) is 24.3 Å². The van der Waals surface area contributed by atoms with Gasteiger partial charge in [-0.25, -0.2) is 0 Å². The molecule has 40 heavy (non-hydrogen) atoms. The quantitative estimate of drug-likeness (QED) is 0.0713. The van der Waals surface area contributed by atoms with Crippen LogP contribution >= 0.6 is 0 Å².